The number of methoxy groups -OCH3 is 3. The summed E-state index contributed by atoms with van der Waals surface area (Å²) in [5.41, 5.74) is 0.747. The van der Waals surface area contributed by atoms with E-state index in [9.17, 15) is 14.0 Å². The van der Waals surface area contributed by atoms with Crippen molar-refractivity contribution in [2.75, 3.05) is 47.6 Å². The highest BCUT2D eigenvalue weighted by Crippen LogP contribution is 2.40. The maximum absolute atomic E-state index is 14.2. The number of amides is 2. The Labute approximate surface area is 181 Å². The van der Waals surface area contributed by atoms with E-state index in [1.807, 2.05) is 6.07 Å². The molecule has 0 unspecified atom stereocenters. The summed E-state index contributed by atoms with van der Waals surface area (Å²) in [7, 11) is 4.67. The second-order valence-corrected chi connectivity index (χ2v) is 7.29. The van der Waals surface area contributed by atoms with Crippen molar-refractivity contribution in [3.63, 3.8) is 0 Å². The van der Waals surface area contributed by atoms with Crippen molar-refractivity contribution in [3.8, 4) is 11.5 Å². The Balaban J connectivity index is 1.94. The summed E-state index contributed by atoms with van der Waals surface area (Å²) in [4.78, 5) is 27.5. The molecule has 1 N–H and O–H groups in total. The number of ether oxygens (including phenoxy) is 3. The molecule has 1 aliphatic heterocycles. The molecule has 0 saturated carbocycles. The van der Waals surface area contributed by atoms with E-state index < -0.39 is 17.6 Å². The lowest BCUT2D eigenvalue weighted by Gasteiger charge is -2.21. The van der Waals surface area contributed by atoms with Gasteiger partial charge in [-0.3, -0.25) is 9.59 Å². The van der Waals surface area contributed by atoms with E-state index in [0.717, 1.165) is 5.56 Å². The molecule has 31 heavy (non-hydrogen) atoms. The summed E-state index contributed by atoms with van der Waals surface area (Å²) in [5, 5.41) is 2.85. The lowest BCUT2D eigenvalue weighted by Crippen LogP contribution is -2.37. The molecule has 1 fully saturated rings. The summed E-state index contributed by atoms with van der Waals surface area (Å²) >= 11 is 0. The molecule has 1 saturated heterocycles. The average molecular weight is 430 g/mol. The molecule has 1 aliphatic rings. The van der Waals surface area contributed by atoms with Crippen LogP contribution in [0.15, 0.2) is 42.5 Å². The molecule has 0 radical (unpaired) electrons. The molecule has 0 aliphatic carbocycles. The number of hydrogen-bond donors (Lipinski definition) is 1. The van der Waals surface area contributed by atoms with Gasteiger partial charge in [0.1, 0.15) is 17.3 Å². The van der Waals surface area contributed by atoms with Crippen LogP contribution in [-0.2, 0) is 9.53 Å². The van der Waals surface area contributed by atoms with Crippen molar-refractivity contribution in [1.82, 2.24) is 10.2 Å². The van der Waals surface area contributed by atoms with Crippen LogP contribution >= 0.6 is 0 Å². The SMILES string of the molecule is COCCNC(=O)[C@H]1CN(C(=O)c2ccccc2F)C[C@@H]1c1cc(OC)ccc1OC. The zero-order chi connectivity index (χ0) is 22.4. The van der Waals surface area contributed by atoms with Crippen LogP contribution < -0.4 is 14.8 Å². The normalized spacial score (nSPS) is 18.0. The fourth-order valence-corrected chi connectivity index (χ4v) is 3.89. The van der Waals surface area contributed by atoms with E-state index in [1.165, 1.54) is 23.1 Å². The van der Waals surface area contributed by atoms with Crippen LogP contribution in [0.4, 0.5) is 4.39 Å². The highest BCUT2D eigenvalue weighted by atomic mass is 19.1. The van der Waals surface area contributed by atoms with Gasteiger partial charge >= 0.3 is 0 Å². The predicted molar refractivity (Wildman–Crippen MR) is 113 cm³/mol. The van der Waals surface area contributed by atoms with Gasteiger partial charge < -0.3 is 24.4 Å². The monoisotopic (exact) mass is 430 g/mol. The Morgan fingerprint density at radius 3 is 2.55 bits per heavy atom. The van der Waals surface area contributed by atoms with Crippen LogP contribution in [0.3, 0.4) is 0 Å². The smallest absolute Gasteiger partial charge is 0.256 e. The minimum absolute atomic E-state index is 0.0145. The molecule has 7 nitrogen and oxygen atoms in total. The van der Waals surface area contributed by atoms with E-state index in [4.69, 9.17) is 14.2 Å². The van der Waals surface area contributed by atoms with E-state index in [-0.39, 0.29) is 30.5 Å². The van der Waals surface area contributed by atoms with Crippen molar-refractivity contribution in [2.24, 2.45) is 5.92 Å². The maximum atomic E-state index is 14.2. The van der Waals surface area contributed by atoms with Gasteiger partial charge in [0.2, 0.25) is 5.91 Å². The number of halogens is 1. The summed E-state index contributed by atoms with van der Waals surface area (Å²) in [6.45, 7) is 1.15. The van der Waals surface area contributed by atoms with Gasteiger partial charge in [-0.05, 0) is 30.3 Å². The fourth-order valence-electron chi connectivity index (χ4n) is 3.89. The molecule has 0 spiro atoms. The summed E-state index contributed by atoms with van der Waals surface area (Å²) in [5.74, 6) is -0.894. The first kappa shape index (κ1) is 22.6. The summed E-state index contributed by atoms with van der Waals surface area (Å²) in [6.07, 6.45) is 0. The molecule has 2 atom stereocenters. The molecule has 2 amide bonds. The number of rotatable bonds is 8. The Kier molecular flexibility index (Phi) is 7.46. The maximum Gasteiger partial charge on any atom is 0.256 e. The average Bonchev–Trinajstić information content (AvgIpc) is 3.24. The van der Waals surface area contributed by atoms with E-state index in [2.05, 4.69) is 5.32 Å². The van der Waals surface area contributed by atoms with Crippen LogP contribution in [0, 0.1) is 11.7 Å². The van der Waals surface area contributed by atoms with Crippen LogP contribution in [0.2, 0.25) is 0 Å². The Morgan fingerprint density at radius 1 is 1.10 bits per heavy atom. The lowest BCUT2D eigenvalue weighted by molar-refractivity contribution is -0.125. The Bertz CT molecular complexity index is 936. The first-order valence-corrected chi connectivity index (χ1v) is 10.0. The van der Waals surface area contributed by atoms with E-state index >= 15 is 0 Å². The first-order valence-electron chi connectivity index (χ1n) is 10.0. The zero-order valence-corrected chi connectivity index (χ0v) is 17.9. The summed E-state index contributed by atoms with van der Waals surface area (Å²) in [6, 6.07) is 11.2. The molecule has 8 heteroatoms. The number of nitrogens with one attached hydrogen (secondary N) is 1. The van der Waals surface area contributed by atoms with Crippen LogP contribution in [0.25, 0.3) is 0 Å². The second-order valence-electron chi connectivity index (χ2n) is 7.29. The zero-order valence-electron chi connectivity index (χ0n) is 17.9. The lowest BCUT2D eigenvalue weighted by atomic mass is 9.87. The van der Waals surface area contributed by atoms with Crippen LogP contribution in [0.1, 0.15) is 21.8 Å². The van der Waals surface area contributed by atoms with Gasteiger partial charge in [0.15, 0.2) is 0 Å². The largest absolute Gasteiger partial charge is 0.497 e. The first-order chi connectivity index (χ1) is 15.0. The van der Waals surface area contributed by atoms with Crippen molar-refractivity contribution in [3.05, 3.63) is 59.4 Å². The highest BCUT2D eigenvalue weighted by Gasteiger charge is 2.42. The van der Waals surface area contributed by atoms with Gasteiger partial charge in [0, 0.05) is 38.2 Å². The molecule has 0 bridgehead atoms. The van der Waals surface area contributed by atoms with Gasteiger partial charge in [-0.2, -0.15) is 0 Å². The third kappa shape index (κ3) is 4.96. The predicted octanol–water partition coefficient (Wildman–Crippen LogP) is 2.46. The molecule has 1 heterocycles. The molecule has 166 valence electrons. The molecular formula is C23H27FN2O5. The van der Waals surface area contributed by atoms with E-state index in [1.54, 1.807) is 39.5 Å². The van der Waals surface area contributed by atoms with Crippen molar-refractivity contribution in [2.45, 2.75) is 5.92 Å². The number of benzene rings is 2. The van der Waals surface area contributed by atoms with Crippen molar-refractivity contribution in [1.29, 1.82) is 0 Å². The van der Waals surface area contributed by atoms with Gasteiger partial charge in [0.25, 0.3) is 5.91 Å². The van der Waals surface area contributed by atoms with Gasteiger partial charge in [-0.1, -0.05) is 12.1 Å². The van der Waals surface area contributed by atoms with Crippen LogP contribution in [-0.4, -0.2) is 64.3 Å². The quantitative estimate of drug-likeness (QED) is 0.651. The third-order valence-electron chi connectivity index (χ3n) is 5.49. The standard InChI is InChI=1S/C23H27FN2O5/c1-29-11-10-25-22(27)19-14-26(23(28)16-6-4-5-7-20(16)24)13-18(19)17-12-15(30-2)8-9-21(17)31-3/h4-9,12,18-19H,10-11,13-14H2,1-3H3,(H,25,27)/t18-,19+/m1/s1. The van der Waals surface area contributed by atoms with Gasteiger partial charge in [-0.25, -0.2) is 4.39 Å². The molecule has 2 aromatic rings. The molecular weight excluding hydrogens is 403 g/mol. The molecule has 3 rings (SSSR count). The Hall–Kier alpha value is -3.13. The fraction of sp³-hybridized carbons (Fsp3) is 0.391. The van der Waals surface area contributed by atoms with Gasteiger partial charge in [-0.15, -0.1) is 0 Å². The summed E-state index contributed by atoms with van der Waals surface area (Å²) < 4.78 is 30.1. The highest BCUT2D eigenvalue weighted by molar-refractivity contribution is 5.95. The Morgan fingerprint density at radius 2 is 1.87 bits per heavy atom. The molecule has 2 aromatic carbocycles. The number of likely N-dealkylation sites (tertiary alicyclic amines) is 1. The van der Waals surface area contributed by atoms with E-state index in [0.29, 0.717) is 24.7 Å². The number of nitrogens with zero attached hydrogens (tertiary/aromatic N) is 1. The molecule has 0 aromatic heterocycles. The second kappa shape index (κ2) is 10.3. The van der Waals surface area contributed by atoms with Crippen LogP contribution in [0.5, 0.6) is 11.5 Å². The number of carbonyl (C=O) groups is 2. The minimum Gasteiger partial charge on any atom is -0.497 e. The van der Waals surface area contributed by atoms with Gasteiger partial charge in [0.05, 0.1) is 32.3 Å². The van der Waals surface area contributed by atoms with Crippen molar-refractivity contribution >= 4 is 11.8 Å². The minimum atomic E-state index is -0.587. The van der Waals surface area contributed by atoms with Crippen molar-refractivity contribution < 1.29 is 28.2 Å². The topological polar surface area (TPSA) is 77.1 Å². The third-order valence-corrected chi connectivity index (χ3v) is 5.49. The number of hydrogen-bond acceptors (Lipinski definition) is 5. The number of carbonyl (C=O) groups excluding carboxylic acids is 2.